The molecule has 2 aromatic heterocycles. The highest BCUT2D eigenvalue weighted by Gasteiger charge is 2.01. The molecular formula is C8H11N7. The van der Waals surface area contributed by atoms with Gasteiger partial charge in [-0.25, -0.2) is 4.98 Å². The quantitative estimate of drug-likeness (QED) is 0.697. The van der Waals surface area contributed by atoms with E-state index in [0.29, 0.717) is 12.2 Å². The molecule has 0 bridgehead atoms. The molecule has 4 N–H and O–H groups in total. The number of nitrogen functional groups attached to an aromatic ring is 2. The van der Waals surface area contributed by atoms with E-state index < -0.39 is 0 Å². The van der Waals surface area contributed by atoms with Gasteiger partial charge in [0.25, 0.3) is 0 Å². The third kappa shape index (κ3) is 2.39. The van der Waals surface area contributed by atoms with E-state index in [1.165, 1.54) is 0 Å². The minimum atomic E-state index is 0.156. The van der Waals surface area contributed by atoms with Gasteiger partial charge in [-0.15, -0.1) is 0 Å². The van der Waals surface area contributed by atoms with Crippen LogP contribution in [0.15, 0.2) is 18.7 Å². The summed E-state index contributed by atoms with van der Waals surface area (Å²) < 4.78 is 1.93. The summed E-state index contributed by atoms with van der Waals surface area (Å²) in [6.45, 7) is 0.739. The van der Waals surface area contributed by atoms with Gasteiger partial charge in [-0.3, -0.25) is 0 Å². The van der Waals surface area contributed by atoms with Crippen LogP contribution in [0.3, 0.4) is 0 Å². The van der Waals surface area contributed by atoms with Crippen LogP contribution in [-0.2, 0) is 13.0 Å². The number of aryl methyl sites for hydroxylation is 2. The number of anilines is 2. The fourth-order valence-electron chi connectivity index (χ4n) is 1.22. The van der Waals surface area contributed by atoms with Crippen LogP contribution in [0.25, 0.3) is 0 Å². The first kappa shape index (κ1) is 9.38. The highest BCUT2D eigenvalue weighted by Crippen LogP contribution is 2.00. The first-order valence-electron chi connectivity index (χ1n) is 4.45. The summed E-state index contributed by atoms with van der Waals surface area (Å²) >= 11 is 0. The van der Waals surface area contributed by atoms with Crippen molar-refractivity contribution in [1.29, 1.82) is 0 Å². The van der Waals surface area contributed by atoms with Crippen LogP contribution in [0.4, 0.5) is 11.9 Å². The summed E-state index contributed by atoms with van der Waals surface area (Å²) in [6, 6.07) is 0. The Labute approximate surface area is 86.2 Å². The molecule has 7 heteroatoms. The maximum atomic E-state index is 5.45. The normalized spacial score (nSPS) is 10.4. The van der Waals surface area contributed by atoms with E-state index >= 15 is 0 Å². The average molecular weight is 205 g/mol. The zero-order chi connectivity index (χ0) is 10.7. The van der Waals surface area contributed by atoms with Gasteiger partial charge >= 0.3 is 0 Å². The Balaban J connectivity index is 2.05. The molecule has 2 heterocycles. The van der Waals surface area contributed by atoms with E-state index in [0.717, 1.165) is 6.54 Å². The van der Waals surface area contributed by atoms with Crippen LogP contribution in [0.1, 0.15) is 5.82 Å². The monoisotopic (exact) mass is 205 g/mol. The smallest absolute Gasteiger partial charge is 0.225 e. The van der Waals surface area contributed by atoms with Gasteiger partial charge in [0.15, 0.2) is 0 Å². The molecule has 2 aromatic rings. The average Bonchev–Trinajstić information content (AvgIpc) is 2.65. The molecular weight excluding hydrogens is 194 g/mol. The van der Waals surface area contributed by atoms with E-state index in [1.54, 1.807) is 12.5 Å². The van der Waals surface area contributed by atoms with Crippen LogP contribution in [0.2, 0.25) is 0 Å². The molecule has 0 fully saturated rings. The van der Waals surface area contributed by atoms with Crippen molar-refractivity contribution >= 4 is 11.9 Å². The van der Waals surface area contributed by atoms with Gasteiger partial charge in [0.2, 0.25) is 11.9 Å². The van der Waals surface area contributed by atoms with Crippen molar-refractivity contribution in [2.45, 2.75) is 13.0 Å². The maximum absolute atomic E-state index is 5.45. The fraction of sp³-hybridized carbons (Fsp3) is 0.250. The molecule has 2 rings (SSSR count). The third-order valence-electron chi connectivity index (χ3n) is 1.87. The molecule has 0 unspecified atom stereocenters. The minimum absolute atomic E-state index is 0.156. The number of nitrogens with two attached hydrogens (primary N) is 2. The van der Waals surface area contributed by atoms with Gasteiger partial charge in [0, 0.05) is 25.4 Å². The predicted molar refractivity (Wildman–Crippen MR) is 54.6 cm³/mol. The lowest BCUT2D eigenvalue weighted by Crippen LogP contribution is -2.09. The summed E-state index contributed by atoms with van der Waals surface area (Å²) in [5.41, 5.74) is 10.9. The number of hydrogen-bond donors (Lipinski definition) is 2. The Kier molecular flexibility index (Phi) is 2.44. The number of hydrogen-bond acceptors (Lipinski definition) is 6. The van der Waals surface area contributed by atoms with Crippen LogP contribution < -0.4 is 11.5 Å². The van der Waals surface area contributed by atoms with E-state index in [1.807, 2.05) is 10.8 Å². The summed E-state index contributed by atoms with van der Waals surface area (Å²) in [6.07, 6.45) is 5.96. The zero-order valence-corrected chi connectivity index (χ0v) is 8.04. The summed E-state index contributed by atoms with van der Waals surface area (Å²) in [5.74, 6) is 0.903. The van der Waals surface area contributed by atoms with Gasteiger partial charge in [0.05, 0.1) is 6.33 Å². The van der Waals surface area contributed by atoms with Crippen LogP contribution in [0.5, 0.6) is 0 Å². The van der Waals surface area contributed by atoms with Crippen LogP contribution in [-0.4, -0.2) is 24.5 Å². The number of nitrogens with zero attached hydrogens (tertiary/aromatic N) is 5. The summed E-state index contributed by atoms with van der Waals surface area (Å²) in [7, 11) is 0. The Morgan fingerprint density at radius 1 is 1.13 bits per heavy atom. The Hall–Kier alpha value is -2.18. The topological polar surface area (TPSA) is 109 Å². The Bertz CT molecular complexity index is 416. The molecule has 0 aliphatic heterocycles. The van der Waals surface area contributed by atoms with Crippen molar-refractivity contribution < 1.29 is 0 Å². The van der Waals surface area contributed by atoms with E-state index in [2.05, 4.69) is 19.9 Å². The lowest BCUT2D eigenvalue weighted by Gasteiger charge is -2.02. The first-order valence-corrected chi connectivity index (χ1v) is 4.45. The van der Waals surface area contributed by atoms with Crippen LogP contribution >= 0.6 is 0 Å². The van der Waals surface area contributed by atoms with Gasteiger partial charge in [0.1, 0.15) is 5.82 Å². The van der Waals surface area contributed by atoms with Crippen molar-refractivity contribution in [3.63, 3.8) is 0 Å². The Morgan fingerprint density at radius 2 is 1.87 bits per heavy atom. The fourth-order valence-corrected chi connectivity index (χ4v) is 1.22. The zero-order valence-electron chi connectivity index (χ0n) is 8.04. The van der Waals surface area contributed by atoms with Crippen molar-refractivity contribution in [1.82, 2.24) is 24.5 Å². The number of aromatic nitrogens is 5. The highest BCUT2D eigenvalue weighted by atomic mass is 15.1. The number of imidazole rings is 1. The number of rotatable bonds is 3. The molecule has 0 atom stereocenters. The molecule has 15 heavy (non-hydrogen) atoms. The summed E-state index contributed by atoms with van der Waals surface area (Å²) in [5, 5.41) is 0. The van der Waals surface area contributed by atoms with Crippen molar-refractivity contribution in [3.05, 3.63) is 24.5 Å². The second kappa shape index (κ2) is 3.91. The second-order valence-corrected chi connectivity index (χ2v) is 3.02. The van der Waals surface area contributed by atoms with E-state index in [4.69, 9.17) is 11.5 Å². The molecule has 0 aliphatic carbocycles. The molecule has 7 nitrogen and oxygen atoms in total. The highest BCUT2D eigenvalue weighted by molar-refractivity contribution is 5.25. The van der Waals surface area contributed by atoms with Gasteiger partial charge < -0.3 is 16.0 Å². The van der Waals surface area contributed by atoms with Gasteiger partial charge in [-0.05, 0) is 0 Å². The first-order chi connectivity index (χ1) is 7.24. The molecule has 0 aliphatic rings. The second-order valence-electron chi connectivity index (χ2n) is 3.02. The predicted octanol–water partition coefficient (Wildman–Crippen LogP) is -0.525. The molecule has 0 radical (unpaired) electrons. The van der Waals surface area contributed by atoms with Gasteiger partial charge in [-0.1, -0.05) is 0 Å². The van der Waals surface area contributed by atoms with Crippen molar-refractivity contribution in [2.24, 2.45) is 0 Å². The SMILES string of the molecule is Nc1nc(N)nc(CCn2ccnc2)n1. The molecule has 0 amide bonds. The third-order valence-corrected chi connectivity index (χ3v) is 1.87. The van der Waals surface area contributed by atoms with Crippen LogP contribution in [0, 0.1) is 0 Å². The van der Waals surface area contributed by atoms with Crippen molar-refractivity contribution in [3.8, 4) is 0 Å². The molecule has 0 saturated heterocycles. The maximum Gasteiger partial charge on any atom is 0.225 e. The van der Waals surface area contributed by atoms with E-state index in [-0.39, 0.29) is 11.9 Å². The van der Waals surface area contributed by atoms with Crippen molar-refractivity contribution in [2.75, 3.05) is 11.5 Å². The molecule has 0 aromatic carbocycles. The molecule has 0 spiro atoms. The largest absolute Gasteiger partial charge is 0.368 e. The van der Waals surface area contributed by atoms with E-state index in [9.17, 15) is 0 Å². The Morgan fingerprint density at radius 3 is 2.47 bits per heavy atom. The van der Waals surface area contributed by atoms with Gasteiger partial charge in [-0.2, -0.15) is 15.0 Å². The summed E-state index contributed by atoms with van der Waals surface area (Å²) in [4.78, 5) is 15.6. The standard InChI is InChI=1S/C8H11N7/c9-7-12-6(13-8(10)14-7)1-3-15-4-2-11-5-15/h2,4-5H,1,3H2,(H4,9,10,12,13,14). The molecule has 0 saturated carbocycles. The lowest BCUT2D eigenvalue weighted by atomic mass is 10.4. The molecule has 78 valence electrons. The minimum Gasteiger partial charge on any atom is -0.368 e. The lowest BCUT2D eigenvalue weighted by molar-refractivity contribution is 0.669.